The Morgan fingerprint density at radius 2 is 1.31 bits per heavy atom. The lowest BCUT2D eigenvalue weighted by atomic mass is 9.66. The third-order valence-corrected chi connectivity index (χ3v) is 13.4. The molecule has 0 amide bonds. The van der Waals surface area contributed by atoms with Crippen molar-refractivity contribution in [2.24, 2.45) is 21.7 Å². The van der Waals surface area contributed by atoms with Gasteiger partial charge in [0.2, 0.25) is 11.2 Å². The Kier molecular flexibility index (Phi) is 6.55. The molecular formula is C37H44O11. The zero-order valence-electron chi connectivity index (χ0n) is 29.1. The second-order valence-corrected chi connectivity index (χ2v) is 16.4. The Morgan fingerprint density at radius 3 is 1.79 bits per heavy atom. The Bertz CT molecular complexity index is 1870. The first-order chi connectivity index (χ1) is 22.2. The van der Waals surface area contributed by atoms with E-state index in [0.717, 1.165) is 12.0 Å². The highest BCUT2D eigenvalue weighted by Gasteiger charge is 2.78. The number of hydrogen-bond donors (Lipinski definition) is 0. The summed E-state index contributed by atoms with van der Waals surface area (Å²) in [6.45, 7) is 16.3. The Balaban J connectivity index is 1.38. The highest BCUT2D eigenvalue weighted by atomic mass is 16.7. The van der Waals surface area contributed by atoms with Crippen molar-refractivity contribution in [3.63, 3.8) is 0 Å². The predicted octanol–water partition coefficient (Wildman–Crippen LogP) is 5.66. The Hall–Kier alpha value is -3.89. The first-order valence-electron chi connectivity index (χ1n) is 16.9. The van der Waals surface area contributed by atoms with Crippen LogP contribution >= 0.6 is 0 Å². The number of aryl methyl sites for hydroxylation is 1. The molecule has 5 aliphatic rings. The minimum absolute atomic E-state index is 0.147. The summed E-state index contributed by atoms with van der Waals surface area (Å²) in [6, 6.07) is 4.96. The summed E-state index contributed by atoms with van der Waals surface area (Å²) in [5.74, 6) is -2.22. The summed E-state index contributed by atoms with van der Waals surface area (Å²) < 4.78 is 36.8. The molecule has 1 aromatic carbocycles. The van der Waals surface area contributed by atoms with Gasteiger partial charge in [-0.2, -0.15) is 0 Å². The number of benzene rings is 1. The topological polar surface area (TPSA) is 145 Å². The smallest absolute Gasteiger partial charge is 0.351 e. The van der Waals surface area contributed by atoms with Crippen LogP contribution in [-0.2, 0) is 44.5 Å². The van der Waals surface area contributed by atoms with Crippen molar-refractivity contribution in [3.05, 3.63) is 39.7 Å². The zero-order chi connectivity index (χ0) is 35.0. The number of hydrogen-bond acceptors (Lipinski definition) is 11. The Labute approximate surface area is 278 Å². The molecule has 0 N–H and O–H groups in total. The molecule has 7 rings (SSSR count). The highest BCUT2D eigenvalue weighted by molar-refractivity contribution is 5.95. The van der Waals surface area contributed by atoms with E-state index in [1.807, 2.05) is 34.6 Å². The van der Waals surface area contributed by atoms with Crippen LogP contribution in [0.3, 0.4) is 0 Å². The second kappa shape index (κ2) is 9.63. The Morgan fingerprint density at radius 1 is 0.771 bits per heavy atom. The normalized spacial score (nSPS) is 36.3. The molecule has 4 fully saturated rings. The van der Waals surface area contributed by atoms with Crippen molar-refractivity contribution in [2.75, 3.05) is 0 Å². The molecular weight excluding hydrogens is 620 g/mol. The molecule has 258 valence electrons. The van der Waals surface area contributed by atoms with Crippen LogP contribution in [-0.4, -0.2) is 46.8 Å². The molecule has 1 aromatic heterocycles. The van der Waals surface area contributed by atoms with Gasteiger partial charge in [0.25, 0.3) is 0 Å². The first-order valence-corrected chi connectivity index (χ1v) is 16.9. The van der Waals surface area contributed by atoms with Gasteiger partial charge in [-0.1, -0.05) is 41.0 Å². The van der Waals surface area contributed by atoms with Gasteiger partial charge in [-0.25, -0.2) is 14.4 Å². The van der Waals surface area contributed by atoms with Gasteiger partial charge < -0.3 is 28.1 Å². The van der Waals surface area contributed by atoms with Crippen molar-refractivity contribution >= 4 is 34.8 Å². The zero-order valence-corrected chi connectivity index (χ0v) is 29.1. The maximum absolute atomic E-state index is 14.5. The van der Waals surface area contributed by atoms with Crippen molar-refractivity contribution in [1.82, 2.24) is 0 Å². The van der Waals surface area contributed by atoms with Gasteiger partial charge in [-0.05, 0) is 77.5 Å². The average Bonchev–Trinajstić information content (AvgIpc) is 3.46. The number of rotatable bonds is 6. The van der Waals surface area contributed by atoms with Crippen LogP contribution in [0.4, 0.5) is 0 Å². The van der Waals surface area contributed by atoms with Gasteiger partial charge in [0, 0.05) is 22.3 Å². The van der Waals surface area contributed by atoms with Gasteiger partial charge in [0.1, 0.15) is 16.9 Å². The quantitative estimate of drug-likeness (QED) is 0.214. The van der Waals surface area contributed by atoms with E-state index in [1.165, 1.54) is 6.07 Å². The van der Waals surface area contributed by atoms with Crippen LogP contribution < -0.4 is 10.4 Å². The fraction of sp³-hybridized carbons (Fsp3) is 0.649. The molecule has 3 aliphatic heterocycles. The number of carbonyl (C=O) groups excluding carboxylic acids is 4. The van der Waals surface area contributed by atoms with E-state index >= 15 is 0 Å². The van der Waals surface area contributed by atoms with Crippen molar-refractivity contribution in [3.8, 4) is 5.75 Å². The third kappa shape index (κ3) is 3.68. The van der Waals surface area contributed by atoms with Gasteiger partial charge in [0.05, 0.1) is 16.4 Å². The van der Waals surface area contributed by atoms with E-state index in [1.54, 1.807) is 39.8 Å². The van der Waals surface area contributed by atoms with Gasteiger partial charge in [0.15, 0.2) is 12.2 Å². The van der Waals surface area contributed by atoms with Crippen molar-refractivity contribution < 1.29 is 47.3 Å². The summed E-state index contributed by atoms with van der Waals surface area (Å²) in [7, 11) is 0. The molecule has 4 bridgehead atoms. The molecule has 0 radical (unpaired) electrons. The molecule has 2 saturated heterocycles. The minimum Gasteiger partial charge on any atom is -0.483 e. The van der Waals surface area contributed by atoms with Crippen molar-refractivity contribution in [1.29, 1.82) is 0 Å². The molecule has 11 nitrogen and oxygen atoms in total. The predicted molar refractivity (Wildman–Crippen MR) is 170 cm³/mol. The van der Waals surface area contributed by atoms with Gasteiger partial charge >= 0.3 is 29.5 Å². The fourth-order valence-electron chi connectivity index (χ4n) is 9.14. The second-order valence-electron chi connectivity index (χ2n) is 16.4. The molecule has 2 saturated carbocycles. The van der Waals surface area contributed by atoms with Crippen LogP contribution in [0.2, 0.25) is 0 Å². The van der Waals surface area contributed by atoms with Crippen LogP contribution in [0, 0.1) is 21.7 Å². The molecule has 2 aromatic rings. The van der Waals surface area contributed by atoms with E-state index in [9.17, 15) is 24.0 Å². The first kappa shape index (κ1) is 32.6. The van der Waals surface area contributed by atoms with E-state index in [0.29, 0.717) is 24.6 Å². The van der Waals surface area contributed by atoms with Gasteiger partial charge in [-0.15, -0.1) is 0 Å². The summed E-state index contributed by atoms with van der Waals surface area (Å²) in [5, 5.41) is 0.625. The molecule has 11 heteroatoms. The summed E-state index contributed by atoms with van der Waals surface area (Å²) >= 11 is 0. The standard InChI is InChI=1S/C37H44O11/c1-10-11-19-18-22(38)43-24-20(19)12-13-21-23(24)25(44-29(41)36-16-14-34(8,27(39)47-36)32(36,4)5)26(31(2,3)46-21)45-30(42)37-17-15-35(9,28(40)48-37)33(37,6)7/h12-13,18,25-26H,10-11,14-17H2,1-9H3/t25-,26-,34+,35+,36-,37-/m1/s1. The fourth-order valence-corrected chi connectivity index (χ4v) is 9.14. The molecule has 6 atom stereocenters. The molecule has 0 spiro atoms. The average molecular weight is 665 g/mol. The largest absolute Gasteiger partial charge is 0.483 e. The van der Waals surface area contributed by atoms with Crippen LogP contribution in [0.1, 0.15) is 112 Å². The van der Waals surface area contributed by atoms with E-state index in [2.05, 4.69) is 0 Å². The molecule has 0 unspecified atom stereocenters. The maximum Gasteiger partial charge on any atom is 0.351 e. The van der Waals surface area contributed by atoms with E-state index < -0.39 is 80.2 Å². The monoisotopic (exact) mass is 664 g/mol. The molecule has 48 heavy (non-hydrogen) atoms. The van der Waals surface area contributed by atoms with Crippen LogP contribution in [0.5, 0.6) is 5.75 Å². The summed E-state index contributed by atoms with van der Waals surface area (Å²) in [4.78, 5) is 68.1. The highest BCUT2D eigenvalue weighted by Crippen LogP contribution is 2.67. The summed E-state index contributed by atoms with van der Waals surface area (Å²) in [6.07, 6.45) is 0.0817. The van der Waals surface area contributed by atoms with Crippen molar-refractivity contribution in [2.45, 2.75) is 130 Å². The van der Waals surface area contributed by atoms with Gasteiger partial charge in [-0.3, -0.25) is 9.59 Å². The number of carbonyl (C=O) groups is 4. The van der Waals surface area contributed by atoms with Crippen LogP contribution in [0.15, 0.2) is 27.4 Å². The maximum atomic E-state index is 14.5. The van der Waals surface area contributed by atoms with E-state index in [4.69, 9.17) is 28.1 Å². The van der Waals surface area contributed by atoms with Crippen LogP contribution in [0.25, 0.3) is 11.0 Å². The minimum atomic E-state index is -1.59. The lowest BCUT2D eigenvalue weighted by Crippen LogP contribution is -2.57. The SMILES string of the molecule is CCCc1cc(=O)oc2c3c(ccc12)OC(C)(C)[C@H](OC(=O)[C@@]12CC[C@@](C)(C(=O)O1)C2(C)C)[C@@H]3OC(=O)[C@@]12CC[C@@](C)(C(=O)O1)C2(C)C. The van der Waals surface area contributed by atoms with E-state index in [-0.39, 0.29) is 29.7 Å². The lowest BCUT2D eigenvalue weighted by Gasteiger charge is -2.45. The molecule has 2 aliphatic carbocycles. The number of esters is 4. The lowest BCUT2D eigenvalue weighted by molar-refractivity contribution is -0.217. The number of ether oxygens (including phenoxy) is 5. The number of fused-ring (bicyclic) bond motifs is 7. The third-order valence-electron chi connectivity index (χ3n) is 13.4. The summed E-state index contributed by atoms with van der Waals surface area (Å²) in [5.41, 5.74) is -7.54. The molecule has 4 heterocycles.